The topological polar surface area (TPSA) is 9.23 Å². The maximum absolute atomic E-state index is 13.5. The molecule has 1 aromatic rings. The summed E-state index contributed by atoms with van der Waals surface area (Å²) in [7, 11) is 0. The van der Waals surface area contributed by atoms with Gasteiger partial charge in [-0.1, -0.05) is 49.3 Å². The first-order valence-electron chi connectivity index (χ1n) is 9.83. The van der Waals surface area contributed by atoms with Crippen LogP contribution in [0.2, 0.25) is 0 Å². The SMILES string of the molecule is C=CCCc1ccc(COC(C(F)F)C2CCC(CCC=C)CC2)cc1. The molecule has 0 heterocycles. The maximum atomic E-state index is 13.5. The summed E-state index contributed by atoms with van der Waals surface area (Å²) >= 11 is 0. The zero-order valence-electron chi connectivity index (χ0n) is 15.7. The molecule has 0 spiro atoms. The summed E-state index contributed by atoms with van der Waals surface area (Å²) in [5, 5.41) is 0. The molecular weight excluding hydrogens is 330 g/mol. The number of halogens is 2. The van der Waals surface area contributed by atoms with Gasteiger partial charge in [-0.15, -0.1) is 13.2 Å². The van der Waals surface area contributed by atoms with Crippen LogP contribution in [0.15, 0.2) is 49.6 Å². The minimum atomic E-state index is -2.42. The predicted molar refractivity (Wildman–Crippen MR) is 104 cm³/mol. The molecule has 144 valence electrons. The third-order valence-corrected chi connectivity index (χ3v) is 5.49. The Morgan fingerprint density at radius 1 is 0.962 bits per heavy atom. The maximum Gasteiger partial charge on any atom is 0.264 e. The molecule has 1 atom stereocenters. The van der Waals surface area contributed by atoms with Gasteiger partial charge in [0.2, 0.25) is 0 Å². The van der Waals surface area contributed by atoms with Crippen LogP contribution in [-0.2, 0) is 17.8 Å². The lowest BCUT2D eigenvalue weighted by Gasteiger charge is -2.33. The van der Waals surface area contributed by atoms with Crippen LogP contribution in [0, 0.1) is 11.8 Å². The molecule has 0 saturated heterocycles. The number of aryl methyl sites for hydroxylation is 1. The van der Waals surface area contributed by atoms with Crippen LogP contribution in [0.5, 0.6) is 0 Å². The molecule has 0 N–H and O–H groups in total. The van der Waals surface area contributed by atoms with Crippen molar-refractivity contribution in [2.75, 3.05) is 0 Å². The molecule has 0 aliphatic heterocycles. The largest absolute Gasteiger partial charge is 0.367 e. The van der Waals surface area contributed by atoms with Gasteiger partial charge in [-0.25, -0.2) is 8.78 Å². The molecule has 1 saturated carbocycles. The summed E-state index contributed by atoms with van der Waals surface area (Å²) in [6, 6.07) is 8.05. The van der Waals surface area contributed by atoms with Crippen LogP contribution in [-0.4, -0.2) is 12.5 Å². The van der Waals surface area contributed by atoms with Crippen molar-refractivity contribution in [2.24, 2.45) is 11.8 Å². The van der Waals surface area contributed by atoms with E-state index in [0.717, 1.165) is 56.9 Å². The highest BCUT2D eigenvalue weighted by Crippen LogP contribution is 2.36. The van der Waals surface area contributed by atoms with E-state index in [9.17, 15) is 8.78 Å². The van der Waals surface area contributed by atoms with Crippen LogP contribution in [0.1, 0.15) is 56.1 Å². The normalized spacial score (nSPS) is 21.5. The molecule has 2 rings (SSSR count). The first-order chi connectivity index (χ1) is 12.6. The highest BCUT2D eigenvalue weighted by Gasteiger charge is 2.33. The summed E-state index contributed by atoms with van der Waals surface area (Å²) in [6.45, 7) is 7.74. The van der Waals surface area contributed by atoms with Crippen LogP contribution < -0.4 is 0 Å². The van der Waals surface area contributed by atoms with Gasteiger partial charge in [0.15, 0.2) is 0 Å². The fourth-order valence-corrected chi connectivity index (χ4v) is 3.84. The molecule has 1 unspecified atom stereocenters. The minimum Gasteiger partial charge on any atom is -0.367 e. The van der Waals surface area contributed by atoms with E-state index in [1.165, 1.54) is 5.56 Å². The van der Waals surface area contributed by atoms with E-state index >= 15 is 0 Å². The van der Waals surface area contributed by atoms with Gasteiger partial charge in [-0.2, -0.15) is 0 Å². The number of hydrogen-bond acceptors (Lipinski definition) is 1. The Morgan fingerprint density at radius 3 is 2.15 bits per heavy atom. The van der Waals surface area contributed by atoms with E-state index in [1.54, 1.807) is 0 Å². The van der Waals surface area contributed by atoms with Crippen LogP contribution in [0.3, 0.4) is 0 Å². The van der Waals surface area contributed by atoms with Crippen molar-refractivity contribution in [3.8, 4) is 0 Å². The molecule has 1 aliphatic rings. The average molecular weight is 363 g/mol. The molecule has 0 bridgehead atoms. The van der Waals surface area contributed by atoms with E-state index in [1.807, 2.05) is 36.4 Å². The molecule has 1 aliphatic carbocycles. The van der Waals surface area contributed by atoms with Crippen molar-refractivity contribution in [1.29, 1.82) is 0 Å². The second-order valence-electron chi connectivity index (χ2n) is 7.40. The Hall–Kier alpha value is -1.48. The van der Waals surface area contributed by atoms with Gasteiger partial charge in [-0.05, 0) is 61.5 Å². The van der Waals surface area contributed by atoms with Gasteiger partial charge in [0.25, 0.3) is 6.43 Å². The van der Waals surface area contributed by atoms with Crippen LogP contribution in [0.4, 0.5) is 8.78 Å². The Bertz CT molecular complexity index is 530. The second-order valence-corrected chi connectivity index (χ2v) is 7.40. The third-order valence-electron chi connectivity index (χ3n) is 5.49. The number of allylic oxidation sites excluding steroid dienone is 2. The summed E-state index contributed by atoms with van der Waals surface area (Å²) in [6.07, 6.45) is 8.28. The molecule has 0 radical (unpaired) electrons. The lowest BCUT2D eigenvalue weighted by molar-refractivity contribution is -0.102. The van der Waals surface area contributed by atoms with Crippen molar-refractivity contribution in [3.63, 3.8) is 0 Å². The molecule has 1 fully saturated rings. The molecule has 3 heteroatoms. The number of benzene rings is 1. The van der Waals surface area contributed by atoms with Crippen molar-refractivity contribution in [3.05, 3.63) is 60.7 Å². The van der Waals surface area contributed by atoms with Crippen LogP contribution in [0.25, 0.3) is 0 Å². The standard InChI is InChI=1S/C23H32F2O/c1-3-5-7-18-9-11-20(12-10-18)17-26-22(23(24)25)21-15-13-19(14-16-21)8-6-4-2/h3-4,9-12,19,21-23H,1-2,5-8,13-17H2. The Kier molecular flexibility index (Phi) is 9.04. The highest BCUT2D eigenvalue weighted by molar-refractivity contribution is 5.22. The Labute approximate surface area is 157 Å². The molecular formula is C23H32F2O. The minimum absolute atomic E-state index is 0.0261. The molecule has 0 amide bonds. The second kappa shape index (κ2) is 11.3. The number of ether oxygens (including phenoxy) is 1. The molecule has 26 heavy (non-hydrogen) atoms. The van der Waals surface area contributed by atoms with E-state index in [-0.39, 0.29) is 12.5 Å². The lowest BCUT2D eigenvalue weighted by Crippen LogP contribution is -2.34. The van der Waals surface area contributed by atoms with Gasteiger partial charge in [0.1, 0.15) is 6.10 Å². The fraction of sp³-hybridized carbons (Fsp3) is 0.565. The molecule has 1 nitrogen and oxygen atoms in total. The summed E-state index contributed by atoms with van der Waals surface area (Å²) < 4.78 is 32.8. The van der Waals surface area contributed by atoms with Gasteiger partial charge in [0.05, 0.1) is 6.61 Å². The van der Waals surface area contributed by atoms with Crippen molar-refractivity contribution in [2.45, 2.75) is 70.5 Å². The van der Waals surface area contributed by atoms with Gasteiger partial charge in [0, 0.05) is 0 Å². The zero-order chi connectivity index (χ0) is 18.8. The summed E-state index contributed by atoms with van der Waals surface area (Å²) in [5.74, 6) is 0.632. The Balaban J connectivity index is 1.83. The number of rotatable bonds is 11. The smallest absolute Gasteiger partial charge is 0.264 e. The first-order valence-corrected chi connectivity index (χ1v) is 9.83. The predicted octanol–water partition coefficient (Wildman–Crippen LogP) is 6.73. The number of hydrogen-bond donors (Lipinski definition) is 0. The van der Waals surface area contributed by atoms with Crippen LogP contribution >= 0.6 is 0 Å². The van der Waals surface area contributed by atoms with E-state index in [4.69, 9.17) is 4.74 Å². The zero-order valence-corrected chi connectivity index (χ0v) is 15.7. The first kappa shape index (κ1) is 20.8. The summed E-state index contributed by atoms with van der Waals surface area (Å²) in [4.78, 5) is 0. The highest BCUT2D eigenvalue weighted by atomic mass is 19.3. The molecule has 0 aromatic heterocycles. The van der Waals surface area contributed by atoms with E-state index < -0.39 is 12.5 Å². The number of alkyl halides is 2. The van der Waals surface area contributed by atoms with E-state index in [2.05, 4.69) is 13.2 Å². The van der Waals surface area contributed by atoms with Gasteiger partial charge in [-0.3, -0.25) is 0 Å². The van der Waals surface area contributed by atoms with Gasteiger partial charge < -0.3 is 4.74 Å². The van der Waals surface area contributed by atoms with Crippen molar-refractivity contribution >= 4 is 0 Å². The Morgan fingerprint density at radius 2 is 1.58 bits per heavy atom. The average Bonchev–Trinajstić information content (AvgIpc) is 2.66. The van der Waals surface area contributed by atoms with Gasteiger partial charge >= 0.3 is 0 Å². The lowest BCUT2D eigenvalue weighted by atomic mass is 9.77. The monoisotopic (exact) mass is 362 g/mol. The third kappa shape index (κ3) is 6.68. The van der Waals surface area contributed by atoms with Crippen molar-refractivity contribution < 1.29 is 13.5 Å². The van der Waals surface area contributed by atoms with E-state index in [0.29, 0.717) is 5.92 Å². The fourth-order valence-electron chi connectivity index (χ4n) is 3.84. The quantitative estimate of drug-likeness (QED) is 0.397. The molecule has 1 aromatic carbocycles. The van der Waals surface area contributed by atoms with Crippen molar-refractivity contribution in [1.82, 2.24) is 0 Å². The summed E-state index contributed by atoms with van der Waals surface area (Å²) in [5.41, 5.74) is 2.19.